The lowest BCUT2D eigenvalue weighted by molar-refractivity contribution is -0.142. The van der Waals surface area contributed by atoms with E-state index >= 15 is 0 Å². The molecule has 0 aliphatic heterocycles. The molecule has 0 saturated carbocycles. The lowest BCUT2D eigenvalue weighted by Gasteiger charge is -2.04. The first-order valence-corrected chi connectivity index (χ1v) is 8.83. The van der Waals surface area contributed by atoms with Crippen LogP contribution >= 0.6 is 11.3 Å². The van der Waals surface area contributed by atoms with Gasteiger partial charge in [-0.05, 0) is 48.6 Å². The average molecular weight is 370 g/mol. The van der Waals surface area contributed by atoms with Crippen molar-refractivity contribution in [2.24, 2.45) is 0 Å². The first-order valence-electron chi connectivity index (χ1n) is 8.01. The summed E-state index contributed by atoms with van der Waals surface area (Å²) < 4.78 is 17.7. The summed E-state index contributed by atoms with van der Waals surface area (Å²) in [4.78, 5) is 24.8. The molecule has 1 aliphatic carbocycles. The van der Waals surface area contributed by atoms with E-state index < -0.39 is 18.5 Å². The van der Waals surface area contributed by atoms with E-state index in [1.54, 1.807) is 0 Å². The van der Waals surface area contributed by atoms with Crippen LogP contribution in [0.5, 0.6) is 0 Å². The van der Waals surface area contributed by atoms with Crippen molar-refractivity contribution in [2.75, 3.05) is 11.9 Å². The zero-order chi connectivity index (χ0) is 18.5. The Morgan fingerprint density at radius 3 is 2.81 bits per heavy atom. The number of hydrogen-bond acceptors (Lipinski definition) is 5. The quantitative estimate of drug-likeness (QED) is 0.646. The number of aryl methyl sites for hydroxylation is 1. The molecule has 1 aliphatic rings. The van der Waals surface area contributed by atoms with Gasteiger partial charge >= 0.3 is 5.97 Å². The number of nitriles is 1. The van der Waals surface area contributed by atoms with Crippen LogP contribution < -0.4 is 5.32 Å². The first-order chi connectivity index (χ1) is 12.6. The molecule has 3 rings (SSSR count). The van der Waals surface area contributed by atoms with E-state index in [0.29, 0.717) is 16.1 Å². The summed E-state index contributed by atoms with van der Waals surface area (Å²) in [6.45, 7) is -0.444. The molecular formula is C19H15FN2O3S. The van der Waals surface area contributed by atoms with Gasteiger partial charge in [-0.15, -0.1) is 11.3 Å². The molecule has 0 radical (unpaired) electrons. The smallest absolute Gasteiger partial charge is 0.331 e. The number of nitrogens with one attached hydrogen (secondary N) is 1. The maximum Gasteiger partial charge on any atom is 0.331 e. The van der Waals surface area contributed by atoms with Crippen molar-refractivity contribution in [1.82, 2.24) is 0 Å². The van der Waals surface area contributed by atoms with E-state index in [1.165, 1.54) is 47.8 Å². The molecule has 0 fully saturated rings. The van der Waals surface area contributed by atoms with Crippen LogP contribution in [-0.2, 0) is 27.2 Å². The summed E-state index contributed by atoms with van der Waals surface area (Å²) in [5.41, 5.74) is 2.17. The van der Waals surface area contributed by atoms with Gasteiger partial charge in [-0.25, -0.2) is 9.18 Å². The van der Waals surface area contributed by atoms with Gasteiger partial charge in [0.05, 0.1) is 5.56 Å². The maximum atomic E-state index is 12.8. The van der Waals surface area contributed by atoms with Crippen LogP contribution in [-0.4, -0.2) is 18.5 Å². The zero-order valence-corrected chi connectivity index (χ0v) is 14.6. The number of anilines is 1. The summed E-state index contributed by atoms with van der Waals surface area (Å²) >= 11 is 1.40. The number of carbonyl (C=O) groups excluding carboxylic acids is 2. The number of halogens is 1. The number of rotatable bonds is 5. The number of hydrogen-bond donors (Lipinski definition) is 1. The number of carbonyl (C=O) groups is 2. The van der Waals surface area contributed by atoms with Crippen molar-refractivity contribution in [3.8, 4) is 6.07 Å². The molecule has 0 atom stereocenters. The fourth-order valence-electron chi connectivity index (χ4n) is 2.70. The molecule has 26 heavy (non-hydrogen) atoms. The Bertz CT molecular complexity index is 910. The fourth-order valence-corrected chi connectivity index (χ4v) is 3.95. The molecule has 1 aromatic carbocycles. The molecule has 1 aromatic heterocycles. The Morgan fingerprint density at radius 2 is 2.08 bits per heavy atom. The molecule has 7 heteroatoms. The van der Waals surface area contributed by atoms with E-state index in [1.807, 2.05) is 0 Å². The highest BCUT2D eigenvalue weighted by molar-refractivity contribution is 7.16. The van der Waals surface area contributed by atoms with Gasteiger partial charge in [0.1, 0.15) is 16.9 Å². The van der Waals surface area contributed by atoms with Crippen molar-refractivity contribution >= 4 is 34.3 Å². The van der Waals surface area contributed by atoms with Crippen molar-refractivity contribution in [1.29, 1.82) is 5.26 Å². The molecule has 0 unspecified atom stereocenters. The number of thiophene rings is 1. The Kier molecular flexibility index (Phi) is 5.44. The van der Waals surface area contributed by atoms with Crippen LogP contribution in [0.4, 0.5) is 9.39 Å². The molecule has 2 aromatic rings. The molecule has 1 N–H and O–H groups in total. The zero-order valence-electron chi connectivity index (χ0n) is 13.8. The lowest BCUT2D eigenvalue weighted by atomic mass is 10.1. The molecule has 5 nitrogen and oxygen atoms in total. The third-order valence-electron chi connectivity index (χ3n) is 3.91. The van der Waals surface area contributed by atoms with E-state index in [9.17, 15) is 19.2 Å². The van der Waals surface area contributed by atoms with Crippen molar-refractivity contribution in [3.05, 3.63) is 57.7 Å². The predicted molar refractivity (Wildman–Crippen MR) is 96.1 cm³/mol. The van der Waals surface area contributed by atoms with Gasteiger partial charge in [0.2, 0.25) is 0 Å². The van der Waals surface area contributed by atoms with Crippen LogP contribution in [0.1, 0.15) is 28.0 Å². The molecular weight excluding hydrogens is 355 g/mol. The Morgan fingerprint density at radius 1 is 1.31 bits per heavy atom. The first kappa shape index (κ1) is 17.8. The summed E-state index contributed by atoms with van der Waals surface area (Å²) in [6.07, 6.45) is 5.45. The summed E-state index contributed by atoms with van der Waals surface area (Å²) in [5.74, 6) is -1.54. The highest BCUT2D eigenvalue weighted by atomic mass is 32.1. The van der Waals surface area contributed by atoms with Gasteiger partial charge in [-0.3, -0.25) is 4.79 Å². The largest absolute Gasteiger partial charge is 0.452 e. The predicted octanol–water partition coefficient (Wildman–Crippen LogP) is 3.44. The van der Waals surface area contributed by atoms with E-state index in [2.05, 4.69) is 11.4 Å². The molecule has 1 heterocycles. The van der Waals surface area contributed by atoms with Crippen molar-refractivity contribution in [3.63, 3.8) is 0 Å². The fraction of sp³-hybridized carbons (Fsp3) is 0.211. The number of nitrogens with zero attached hydrogens (tertiary/aromatic N) is 1. The lowest BCUT2D eigenvalue weighted by Crippen LogP contribution is -2.20. The Balaban J connectivity index is 1.52. The van der Waals surface area contributed by atoms with Gasteiger partial charge in [-0.1, -0.05) is 12.1 Å². The van der Waals surface area contributed by atoms with Crippen LogP contribution in [0, 0.1) is 17.1 Å². The van der Waals surface area contributed by atoms with E-state index in [4.69, 9.17) is 4.74 Å². The summed E-state index contributed by atoms with van der Waals surface area (Å²) in [7, 11) is 0. The van der Waals surface area contributed by atoms with Gasteiger partial charge < -0.3 is 10.1 Å². The van der Waals surface area contributed by atoms with Gasteiger partial charge in [0.15, 0.2) is 6.61 Å². The number of benzene rings is 1. The van der Waals surface area contributed by atoms with Crippen LogP contribution in [0.25, 0.3) is 6.08 Å². The second kappa shape index (κ2) is 7.93. The number of amides is 1. The standard InChI is InChI=1S/C19H15FN2O3S/c20-13-7-4-12(5-8-13)6-9-18(24)25-11-17(23)22-19-15(10-21)14-2-1-3-16(14)26-19/h4-9H,1-3,11H2,(H,22,23)/b9-6+. The normalized spacial score (nSPS) is 12.6. The van der Waals surface area contributed by atoms with E-state index in [-0.39, 0.29) is 5.82 Å². The minimum Gasteiger partial charge on any atom is -0.452 e. The Labute approximate surface area is 153 Å². The third-order valence-corrected chi connectivity index (χ3v) is 5.12. The maximum absolute atomic E-state index is 12.8. The minimum absolute atomic E-state index is 0.363. The van der Waals surface area contributed by atoms with Gasteiger partial charge in [0.25, 0.3) is 5.91 Å². The van der Waals surface area contributed by atoms with Crippen LogP contribution in [0.15, 0.2) is 30.3 Å². The molecule has 0 bridgehead atoms. The Hall–Kier alpha value is -2.98. The SMILES string of the molecule is N#Cc1c(NC(=O)COC(=O)/C=C/c2ccc(F)cc2)sc2c1CCC2. The van der Waals surface area contributed by atoms with Crippen molar-refractivity contribution < 1.29 is 18.7 Å². The topological polar surface area (TPSA) is 79.2 Å². The van der Waals surface area contributed by atoms with Crippen molar-refractivity contribution in [2.45, 2.75) is 19.3 Å². The minimum atomic E-state index is -0.682. The summed E-state index contributed by atoms with van der Waals surface area (Å²) in [5, 5.41) is 12.4. The molecule has 132 valence electrons. The number of ether oxygens (including phenoxy) is 1. The van der Waals surface area contributed by atoms with Crippen LogP contribution in [0.3, 0.4) is 0 Å². The molecule has 1 amide bonds. The van der Waals surface area contributed by atoms with Gasteiger partial charge in [-0.2, -0.15) is 5.26 Å². The molecule has 0 spiro atoms. The highest BCUT2D eigenvalue weighted by Crippen LogP contribution is 2.38. The highest BCUT2D eigenvalue weighted by Gasteiger charge is 2.23. The number of fused-ring (bicyclic) bond motifs is 1. The average Bonchev–Trinajstić information content (AvgIpc) is 3.20. The second-order valence-electron chi connectivity index (χ2n) is 5.71. The third kappa shape index (κ3) is 4.16. The molecule has 0 saturated heterocycles. The number of esters is 1. The van der Waals surface area contributed by atoms with E-state index in [0.717, 1.165) is 29.7 Å². The second-order valence-corrected chi connectivity index (χ2v) is 6.82. The summed E-state index contributed by atoms with van der Waals surface area (Å²) in [6, 6.07) is 7.74. The van der Waals surface area contributed by atoms with Crippen LogP contribution in [0.2, 0.25) is 0 Å². The van der Waals surface area contributed by atoms with Gasteiger partial charge in [0, 0.05) is 11.0 Å². The monoisotopic (exact) mass is 370 g/mol.